The fourth-order valence-corrected chi connectivity index (χ4v) is 1.49. The van der Waals surface area contributed by atoms with Crippen LogP contribution in [0.15, 0.2) is 36.9 Å². The molecule has 0 spiro atoms. The maximum atomic E-state index is 12.2. The number of nitrogens with zero attached hydrogens (tertiary/aromatic N) is 1. The average Bonchev–Trinajstić information content (AvgIpc) is 2.33. The molecule has 0 saturated carbocycles. The third-order valence-electron chi connectivity index (χ3n) is 2.34. The lowest BCUT2D eigenvalue weighted by atomic mass is 10.2. The number of benzene rings is 1. The number of nitrogen functional groups attached to an aromatic ring is 1. The van der Waals surface area contributed by atoms with Gasteiger partial charge >= 0.3 is 0 Å². The molecule has 4 nitrogen and oxygen atoms in total. The van der Waals surface area contributed by atoms with Crippen LogP contribution in [0, 0.1) is 0 Å². The Morgan fingerprint density at radius 2 is 2.35 bits per heavy atom. The number of carbonyl (C=O) groups is 1. The highest BCUT2D eigenvalue weighted by molar-refractivity contribution is 5.95. The summed E-state index contributed by atoms with van der Waals surface area (Å²) in [6.45, 7) is 5.18. The number of rotatable bonds is 6. The molecular formula is C13H18N2O2. The molecule has 1 aromatic carbocycles. The molecular weight excluding hydrogens is 216 g/mol. The van der Waals surface area contributed by atoms with Gasteiger partial charge in [-0.15, -0.1) is 6.58 Å². The lowest BCUT2D eigenvalue weighted by molar-refractivity contribution is 0.0718. The third-order valence-corrected chi connectivity index (χ3v) is 2.34. The van der Waals surface area contributed by atoms with Gasteiger partial charge in [-0.25, -0.2) is 0 Å². The second-order valence-corrected chi connectivity index (χ2v) is 3.66. The Morgan fingerprint density at radius 1 is 1.59 bits per heavy atom. The molecule has 1 rings (SSSR count). The van der Waals surface area contributed by atoms with E-state index in [1.165, 1.54) is 0 Å². The van der Waals surface area contributed by atoms with Crippen molar-refractivity contribution in [3.8, 4) is 0 Å². The summed E-state index contributed by atoms with van der Waals surface area (Å²) < 4.78 is 4.98. The molecule has 17 heavy (non-hydrogen) atoms. The number of hydrogen-bond acceptors (Lipinski definition) is 3. The molecule has 1 amide bonds. The SMILES string of the molecule is C=CCN(CCOC)C(=O)c1cccc(N)c1. The van der Waals surface area contributed by atoms with Gasteiger partial charge in [-0.3, -0.25) is 4.79 Å². The van der Waals surface area contributed by atoms with E-state index in [4.69, 9.17) is 10.5 Å². The van der Waals surface area contributed by atoms with Gasteiger partial charge in [-0.2, -0.15) is 0 Å². The van der Waals surface area contributed by atoms with Crippen molar-refractivity contribution < 1.29 is 9.53 Å². The molecule has 0 fully saturated rings. The second-order valence-electron chi connectivity index (χ2n) is 3.66. The lowest BCUT2D eigenvalue weighted by Gasteiger charge is -2.20. The smallest absolute Gasteiger partial charge is 0.254 e. The number of ether oxygens (including phenoxy) is 1. The first kappa shape index (κ1) is 13.3. The largest absolute Gasteiger partial charge is 0.399 e. The molecule has 0 atom stereocenters. The number of nitrogens with two attached hydrogens (primary N) is 1. The van der Waals surface area contributed by atoms with Gasteiger partial charge in [-0.05, 0) is 18.2 Å². The van der Waals surface area contributed by atoms with Crippen LogP contribution in [0.2, 0.25) is 0 Å². The van der Waals surface area contributed by atoms with Crippen LogP contribution >= 0.6 is 0 Å². The van der Waals surface area contributed by atoms with Gasteiger partial charge in [0.2, 0.25) is 0 Å². The Kier molecular flexibility index (Phi) is 5.23. The molecule has 0 bridgehead atoms. The first-order chi connectivity index (χ1) is 8.19. The Bertz CT molecular complexity index is 391. The van der Waals surface area contributed by atoms with E-state index < -0.39 is 0 Å². The van der Waals surface area contributed by atoms with Crippen LogP contribution in [-0.2, 0) is 4.74 Å². The fraction of sp³-hybridized carbons (Fsp3) is 0.308. The summed E-state index contributed by atoms with van der Waals surface area (Å²) in [6, 6.07) is 6.95. The Balaban J connectivity index is 2.79. The molecule has 0 heterocycles. The zero-order valence-corrected chi connectivity index (χ0v) is 10.1. The van der Waals surface area contributed by atoms with Crippen molar-refractivity contribution in [1.29, 1.82) is 0 Å². The molecule has 92 valence electrons. The van der Waals surface area contributed by atoms with Crippen molar-refractivity contribution in [3.63, 3.8) is 0 Å². The molecule has 4 heteroatoms. The van der Waals surface area contributed by atoms with Crippen molar-refractivity contribution in [3.05, 3.63) is 42.5 Å². The second kappa shape index (κ2) is 6.70. The summed E-state index contributed by atoms with van der Waals surface area (Å²) in [4.78, 5) is 13.8. The van der Waals surface area contributed by atoms with Crippen LogP contribution in [0.25, 0.3) is 0 Å². The van der Waals surface area contributed by atoms with Gasteiger partial charge in [0.1, 0.15) is 0 Å². The molecule has 2 N–H and O–H groups in total. The first-order valence-electron chi connectivity index (χ1n) is 5.43. The first-order valence-corrected chi connectivity index (χ1v) is 5.43. The normalized spacial score (nSPS) is 9.94. The number of hydrogen-bond donors (Lipinski definition) is 1. The van der Waals surface area contributed by atoms with E-state index in [1.54, 1.807) is 42.4 Å². The van der Waals surface area contributed by atoms with Crippen LogP contribution < -0.4 is 5.73 Å². The summed E-state index contributed by atoms with van der Waals surface area (Å²) in [5, 5.41) is 0. The van der Waals surface area contributed by atoms with E-state index in [1.807, 2.05) is 0 Å². The zero-order chi connectivity index (χ0) is 12.7. The molecule has 0 aromatic heterocycles. The van der Waals surface area contributed by atoms with Crippen molar-refractivity contribution in [1.82, 2.24) is 4.90 Å². The molecule has 0 aliphatic rings. The van der Waals surface area contributed by atoms with E-state index in [0.29, 0.717) is 30.9 Å². The lowest BCUT2D eigenvalue weighted by Crippen LogP contribution is -2.34. The highest BCUT2D eigenvalue weighted by atomic mass is 16.5. The van der Waals surface area contributed by atoms with Crippen LogP contribution in [0.4, 0.5) is 5.69 Å². The highest BCUT2D eigenvalue weighted by Gasteiger charge is 2.14. The van der Waals surface area contributed by atoms with Crippen molar-refractivity contribution in [2.24, 2.45) is 0 Å². The van der Waals surface area contributed by atoms with Crippen LogP contribution in [0.5, 0.6) is 0 Å². The standard InChI is InChI=1S/C13H18N2O2/c1-3-7-15(8-9-17-2)13(16)11-5-4-6-12(14)10-11/h3-6,10H,1,7-9,14H2,2H3. The zero-order valence-electron chi connectivity index (χ0n) is 10.1. The minimum atomic E-state index is -0.0609. The predicted molar refractivity (Wildman–Crippen MR) is 68.8 cm³/mol. The van der Waals surface area contributed by atoms with E-state index in [0.717, 1.165) is 0 Å². The summed E-state index contributed by atoms with van der Waals surface area (Å²) >= 11 is 0. The molecule has 0 aliphatic carbocycles. The van der Waals surface area contributed by atoms with Crippen LogP contribution in [0.3, 0.4) is 0 Å². The van der Waals surface area contributed by atoms with E-state index >= 15 is 0 Å². The minimum absolute atomic E-state index is 0.0609. The highest BCUT2D eigenvalue weighted by Crippen LogP contribution is 2.09. The number of anilines is 1. The van der Waals surface area contributed by atoms with Gasteiger partial charge in [0, 0.05) is 31.5 Å². The quantitative estimate of drug-likeness (QED) is 0.600. The van der Waals surface area contributed by atoms with E-state index in [-0.39, 0.29) is 5.91 Å². The summed E-state index contributed by atoms with van der Waals surface area (Å²) in [7, 11) is 1.61. The molecule has 0 unspecified atom stereocenters. The number of methoxy groups -OCH3 is 1. The Labute approximate surface area is 102 Å². The summed E-state index contributed by atoms with van der Waals surface area (Å²) in [5.74, 6) is -0.0609. The predicted octanol–water partition coefficient (Wildman–Crippen LogP) is 1.54. The number of carbonyl (C=O) groups excluding carboxylic acids is 1. The minimum Gasteiger partial charge on any atom is -0.399 e. The van der Waals surface area contributed by atoms with Gasteiger partial charge in [0.05, 0.1) is 6.61 Å². The fourth-order valence-electron chi connectivity index (χ4n) is 1.49. The monoisotopic (exact) mass is 234 g/mol. The van der Waals surface area contributed by atoms with Gasteiger partial charge in [0.25, 0.3) is 5.91 Å². The van der Waals surface area contributed by atoms with Crippen molar-refractivity contribution >= 4 is 11.6 Å². The Hall–Kier alpha value is -1.81. The third kappa shape index (κ3) is 3.92. The number of amides is 1. The maximum absolute atomic E-state index is 12.2. The average molecular weight is 234 g/mol. The van der Waals surface area contributed by atoms with E-state index in [9.17, 15) is 4.79 Å². The summed E-state index contributed by atoms with van der Waals surface area (Å²) in [5.41, 5.74) is 6.83. The topological polar surface area (TPSA) is 55.6 Å². The van der Waals surface area contributed by atoms with Gasteiger partial charge in [-0.1, -0.05) is 12.1 Å². The molecule has 0 aliphatic heterocycles. The van der Waals surface area contributed by atoms with Crippen molar-refractivity contribution in [2.45, 2.75) is 0 Å². The Morgan fingerprint density at radius 3 is 2.94 bits per heavy atom. The molecule has 0 saturated heterocycles. The van der Waals surface area contributed by atoms with Crippen LogP contribution in [0.1, 0.15) is 10.4 Å². The molecule has 0 radical (unpaired) electrons. The van der Waals surface area contributed by atoms with Gasteiger partial charge in [0.15, 0.2) is 0 Å². The summed E-state index contributed by atoms with van der Waals surface area (Å²) in [6.07, 6.45) is 1.69. The maximum Gasteiger partial charge on any atom is 0.254 e. The van der Waals surface area contributed by atoms with Gasteiger partial charge < -0.3 is 15.4 Å². The van der Waals surface area contributed by atoms with Crippen LogP contribution in [-0.4, -0.2) is 37.6 Å². The molecule has 1 aromatic rings. The van der Waals surface area contributed by atoms with E-state index in [2.05, 4.69) is 6.58 Å². The van der Waals surface area contributed by atoms with Crippen molar-refractivity contribution in [2.75, 3.05) is 32.5 Å².